The molecule has 2 saturated heterocycles. The van der Waals surface area contributed by atoms with Crippen molar-refractivity contribution in [2.24, 2.45) is 5.73 Å². The van der Waals surface area contributed by atoms with Gasteiger partial charge in [0.05, 0.1) is 6.54 Å². The molecule has 0 aliphatic carbocycles. The molecule has 2 fully saturated rings. The van der Waals surface area contributed by atoms with Crippen LogP contribution in [-0.2, 0) is 16.1 Å². The molecule has 2 N–H and O–H groups in total. The number of carbonyl (C=O) groups excluding carboxylic acids is 2. The van der Waals surface area contributed by atoms with Crippen LogP contribution in [0.1, 0.15) is 31.5 Å². The predicted molar refractivity (Wildman–Crippen MR) is 98.5 cm³/mol. The number of nitrogens with zero attached hydrogens (tertiary/aromatic N) is 5. The molecule has 2 amide bonds. The lowest BCUT2D eigenvalue weighted by Crippen LogP contribution is -2.51. The molecule has 0 bridgehead atoms. The number of piperidine rings is 1. The molecular weight excluding hydrogens is 332 g/mol. The standard InChI is InChI=1S/C18H30N6O2/c1-2-21-8-10-22(11-9-21)14-17(26)23-6-3-4-15(12-23)18-20-5-7-24(18)13-16(19)25/h5,7,15H,2-4,6,8-14H2,1H3,(H2,19,25)/t15-/m0/s1. The Balaban J connectivity index is 1.56. The molecule has 0 aromatic carbocycles. The SMILES string of the molecule is CCN1CCN(CC(=O)N2CCC[C@H](c3nccn3CC(N)=O)C2)CC1. The van der Waals surface area contributed by atoms with Crippen LogP contribution in [0.15, 0.2) is 12.4 Å². The fraction of sp³-hybridized carbons (Fsp3) is 0.722. The molecule has 8 nitrogen and oxygen atoms in total. The summed E-state index contributed by atoms with van der Waals surface area (Å²) in [4.78, 5) is 35.1. The first-order valence-electron chi connectivity index (χ1n) is 9.58. The van der Waals surface area contributed by atoms with E-state index in [9.17, 15) is 9.59 Å². The van der Waals surface area contributed by atoms with Gasteiger partial charge in [0.15, 0.2) is 0 Å². The van der Waals surface area contributed by atoms with Crippen LogP contribution in [0.4, 0.5) is 0 Å². The monoisotopic (exact) mass is 362 g/mol. The molecule has 26 heavy (non-hydrogen) atoms. The van der Waals surface area contributed by atoms with Crippen molar-refractivity contribution in [1.82, 2.24) is 24.3 Å². The summed E-state index contributed by atoms with van der Waals surface area (Å²) in [7, 11) is 0. The number of aromatic nitrogens is 2. The fourth-order valence-electron chi connectivity index (χ4n) is 3.95. The maximum absolute atomic E-state index is 12.8. The van der Waals surface area contributed by atoms with E-state index in [-0.39, 0.29) is 24.3 Å². The first-order chi connectivity index (χ1) is 12.6. The number of nitrogens with two attached hydrogens (primary N) is 1. The topological polar surface area (TPSA) is 87.7 Å². The van der Waals surface area contributed by atoms with Crippen LogP contribution in [0.2, 0.25) is 0 Å². The number of hydrogen-bond acceptors (Lipinski definition) is 5. The van der Waals surface area contributed by atoms with Crippen molar-refractivity contribution in [2.45, 2.75) is 32.2 Å². The highest BCUT2D eigenvalue weighted by Crippen LogP contribution is 2.26. The second-order valence-corrected chi connectivity index (χ2v) is 7.27. The molecule has 0 radical (unpaired) electrons. The van der Waals surface area contributed by atoms with Gasteiger partial charge in [0.25, 0.3) is 0 Å². The van der Waals surface area contributed by atoms with Gasteiger partial charge < -0.3 is 20.1 Å². The second-order valence-electron chi connectivity index (χ2n) is 7.27. The Labute approximate surface area is 154 Å². The number of piperazine rings is 1. The third kappa shape index (κ3) is 4.62. The van der Waals surface area contributed by atoms with E-state index in [4.69, 9.17) is 5.73 Å². The molecule has 0 unspecified atom stereocenters. The Morgan fingerprint density at radius 1 is 1.15 bits per heavy atom. The summed E-state index contributed by atoms with van der Waals surface area (Å²) in [5.74, 6) is 0.851. The average molecular weight is 362 g/mol. The smallest absolute Gasteiger partial charge is 0.237 e. The second kappa shape index (κ2) is 8.64. The van der Waals surface area contributed by atoms with E-state index >= 15 is 0 Å². The van der Waals surface area contributed by atoms with E-state index in [1.165, 1.54) is 0 Å². The zero-order chi connectivity index (χ0) is 18.5. The molecule has 144 valence electrons. The van der Waals surface area contributed by atoms with Crippen LogP contribution < -0.4 is 5.73 Å². The van der Waals surface area contributed by atoms with E-state index < -0.39 is 0 Å². The summed E-state index contributed by atoms with van der Waals surface area (Å²) in [6, 6.07) is 0. The molecule has 2 aliphatic rings. The van der Waals surface area contributed by atoms with Gasteiger partial charge in [-0.3, -0.25) is 14.5 Å². The minimum absolute atomic E-state index is 0.140. The van der Waals surface area contributed by atoms with Crippen molar-refractivity contribution in [3.8, 4) is 0 Å². The van der Waals surface area contributed by atoms with E-state index in [1.54, 1.807) is 12.4 Å². The van der Waals surface area contributed by atoms with Gasteiger partial charge >= 0.3 is 0 Å². The van der Waals surface area contributed by atoms with Gasteiger partial charge in [-0.2, -0.15) is 0 Å². The minimum Gasteiger partial charge on any atom is -0.368 e. The number of imidazole rings is 1. The molecule has 8 heteroatoms. The zero-order valence-corrected chi connectivity index (χ0v) is 15.6. The number of amides is 2. The number of rotatable bonds is 6. The number of hydrogen-bond donors (Lipinski definition) is 1. The van der Waals surface area contributed by atoms with Gasteiger partial charge in [0.1, 0.15) is 12.4 Å². The molecule has 3 rings (SSSR count). The highest BCUT2D eigenvalue weighted by Gasteiger charge is 2.29. The normalized spacial score (nSPS) is 22.5. The number of likely N-dealkylation sites (tertiary alicyclic amines) is 1. The van der Waals surface area contributed by atoms with Crippen molar-refractivity contribution in [2.75, 3.05) is 52.4 Å². The highest BCUT2D eigenvalue weighted by atomic mass is 16.2. The number of likely N-dealkylation sites (N-methyl/N-ethyl adjacent to an activating group) is 1. The first kappa shape index (κ1) is 18.8. The summed E-state index contributed by atoms with van der Waals surface area (Å²) < 4.78 is 1.81. The summed E-state index contributed by atoms with van der Waals surface area (Å²) in [5.41, 5.74) is 5.32. The van der Waals surface area contributed by atoms with E-state index in [0.717, 1.165) is 57.9 Å². The quantitative estimate of drug-likeness (QED) is 0.751. The molecular formula is C18H30N6O2. The van der Waals surface area contributed by atoms with E-state index in [2.05, 4.69) is 21.7 Å². The van der Waals surface area contributed by atoms with Crippen molar-refractivity contribution < 1.29 is 9.59 Å². The Morgan fingerprint density at radius 2 is 1.88 bits per heavy atom. The Kier molecular flexibility index (Phi) is 6.26. The molecule has 0 saturated carbocycles. The molecule has 2 aliphatic heterocycles. The Morgan fingerprint density at radius 3 is 2.58 bits per heavy atom. The average Bonchev–Trinajstić information content (AvgIpc) is 3.10. The summed E-state index contributed by atoms with van der Waals surface area (Å²) in [6.07, 6.45) is 5.43. The number of primary amides is 1. The largest absolute Gasteiger partial charge is 0.368 e. The van der Waals surface area contributed by atoms with Crippen molar-refractivity contribution >= 4 is 11.8 Å². The van der Waals surface area contributed by atoms with E-state index in [0.29, 0.717) is 13.1 Å². The Bertz CT molecular complexity index is 623. The highest BCUT2D eigenvalue weighted by molar-refractivity contribution is 5.78. The van der Waals surface area contributed by atoms with Crippen LogP contribution in [0, 0.1) is 0 Å². The van der Waals surface area contributed by atoms with Crippen LogP contribution in [0.25, 0.3) is 0 Å². The third-order valence-corrected chi connectivity index (χ3v) is 5.48. The van der Waals surface area contributed by atoms with E-state index in [1.807, 2.05) is 9.47 Å². The van der Waals surface area contributed by atoms with Crippen molar-refractivity contribution in [3.63, 3.8) is 0 Å². The van der Waals surface area contributed by atoms with Crippen molar-refractivity contribution in [1.29, 1.82) is 0 Å². The maximum Gasteiger partial charge on any atom is 0.237 e. The predicted octanol–water partition coefficient (Wildman–Crippen LogP) is -0.288. The summed E-state index contributed by atoms with van der Waals surface area (Å²) in [5, 5.41) is 0. The van der Waals surface area contributed by atoms with Crippen LogP contribution in [0.3, 0.4) is 0 Å². The van der Waals surface area contributed by atoms with Crippen molar-refractivity contribution in [3.05, 3.63) is 18.2 Å². The third-order valence-electron chi connectivity index (χ3n) is 5.48. The lowest BCUT2D eigenvalue weighted by molar-refractivity contribution is -0.134. The fourth-order valence-corrected chi connectivity index (χ4v) is 3.95. The number of carbonyl (C=O) groups is 2. The molecule has 1 atom stereocenters. The van der Waals surface area contributed by atoms with Gasteiger partial charge in [-0.15, -0.1) is 0 Å². The minimum atomic E-state index is -0.376. The molecule has 0 spiro atoms. The van der Waals surface area contributed by atoms with Gasteiger partial charge in [0.2, 0.25) is 11.8 Å². The summed E-state index contributed by atoms with van der Waals surface area (Å²) >= 11 is 0. The van der Waals surface area contributed by atoms with Crippen LogP contribution in [0.5, 0.6) is 0 Å². The molecule has 1 aromatic heterocycles. The van der Waals surface area contributed by atoms with Gasteiger partial charge in [-0.05, 0) is 19.4 Å². The maximum atomic E-state index is 12.8. The molecule has 3 heterocycles. The van der Waals surface area contributed by atoms with Gasteiger partial charge in [-0.25, -0.2) is 4.98 Å². The van der Waals surface area contributed by atoms with Gasteiger partial charge in [-0.1, -0.05) is 6.92 Å². The molecule has 1 aromatic rings. The lowest BCUT2D eigenvalue weighted by Gasteiger charge is -2.37. The van der Waals surface area contributed by atoms with Crippen LogP contribution >= 0.6 is 0 Å². The first-order valence-corrected chi connectivity index (χ1v) is 9.58. The van der Waals surface area contributed by atoms with Gasteiger partial charge in [0, 0.05) is 57.6 Å². The zero-order valence-electron chi connectivity index (χ0n) is 15.6. The van der Waals surface area contributed by atoms with Crippen LogP contribution in [-0.4, -0.2) is 88.4 Å². The Hall–Kier alpha value is -1.93. The summed E-state index contributed by atoms with van der Waals surface area (Å²) in [6.45, 7) is 9.36. The lowest BCUT2D eigenvalue weighted by atomic mass is 9.97.